The number of hydrogen-bond acceptors (Lipinski definition) is 4. The Morgan fingerprint density at radius 3 is 2.76 bits per heavy atom. The number of carbonyl (C=O) groups excluding carboxylic acids is 1. The third kappa shape index (κ3) is 3.32. The number of non-ortho nitro benzene ring substituents is 1. The van der Waals surface area contributed by atoms with Gasteiger partial charge >= 0.3 is 0 Å². The first-order valence-electron chi connectivity index (χ1n) is 7.21. The van der Waals surface area contributed by atoms with Crippen molar-refractivity contribution in [3.05, 3.63) is 33.9 Å². The summed E-state index contributed by atoms with van der Waals surface area (Å²) in [7, 11) is 1.75. The molecule has 2 N–H and O–H groups in total. The third-order valence-corrected chi connectivity index (χ3v) is 4.25. The molecule has 0 radical (unpaired) electrons. The van der Waals surface area contributed by atoms with E-state index in [1.807, 2.05) is 0 Å². The Hall–Kier alpha value is -2.11. The molecule has 0 bridgehead atoms. The molecule has 6 nitrogen and oxygen atoms in total. The van der Waals surface area contributed by atoms with Crippen LogP contribution in [0, 0.1) is 16.0 Å². The van der Waals surface area contributed by atoms with Gasteiger partial charge in [0.2, 0.25) is 0 Å². The largest absolute Gasteiger partial charge is 0.398 e. The summed E-state index contributed by atoms with van der Waals surface area (Å²) in [6, 6.07) is 4.18. The summed E-state index contributed by atoms with van der Waals surface area (Å²) in [6.07, 6.45) is 4.24. The highest BCUT2D eigenvalue weighted by molar-refractivity contribution is 5.99. The number of nitro groups is 1. The Bertz CT molecular complexity index is 559. The van der Waals surface area contributed by atoms with Crippen molar-refractivity contribution < 1.29 is 9.72 Å². The average Bonchev–Trinajstić information content (AvgIpc) is 2.46. The Kier molecular flexibility index (Phi) is 4.45. The van der Waals surface area contributed by atoms with Crippen molar-refractivity contribution in [2.45, 2.75) is 38.6 Å². The van der Waals surface area contributed by atoms with Crippen molar-refractivity contribution in [3.8, 4) is 0 Å². The van der Waals surface area contributed by atoms with Crippen LogP contribution < -0.4 is 5.73 Å². The minimum atomic E-state index is -0.515. The molecule has 6 heteroatoms. The number of nitrogens with two attached hydrogens (primary N) is 1. The number of nitrogens with zero attached hydrogens (tertiary/aromatic N) is 2. The number of amides is 1. The van der Waals surface area contributed by atoms with Gasteiger partial charge in [0.1, 0.15) is 0 Å². The molecule has 1 saturated carbocycles. The fourth-order valence-corrected chi connectivity index (χ4v) is 2.95. The Morgan fingerprint density at radius 1 is 1.43 bits per heavy atom. The van der Waals surface area contributed by atoms with E-state index in [0.29, 0.717) is 5.92 Å². The van der Waals surface area contributed by atoms with Crippen LogP contribution in [0.5, 0.6) is 0 Å². The molecule has 0 saturated heterocycles. The zero-order chi connectivity index (χ0) is 15.6. The standard InChI is InChI=1S/C15H21N3O3/c1-10-4-3-5-11(8-10)17(2)15(19)13-9-12(18(20)21)6-7-14(13)16/h6-7,9-11H,3-5,8,16H2,1-2H3. The molecule has 0 heterocycles. The van der Waals surface area contributed by atoms with Gasteiger partial charge in [-0.15, -0.1) is 0 Å². The first-order chi connectivity index (χ1) is 9.90. The highest BCUT2D eigenvalue weighted by Crippen LogP contribution is 2.29. The molecule has 114 valence electrons. The minimum absolute atomic E-state index is 0.113. The molecule has 0 spiro atoms. The molecule has 0 aliphatic heterocycles. The second kappa shape index (κ2) is 6.11. The second-order valence-corrected chi connectivity index (χ2v) is 5.87. The molecule has 1 amide bonds. The first kappa shape index (κ1) is 15.3. The molecule has 21 heavy (non-hydrogen) atoms. The Morgan fingerprint density at radius 2 is 2.14 bits per heavy atom. The molecule has 2 rings (SSSR count). The van der Waals surface area contributed by atoms with Gasteiger partial charge in [0, 0.05) is 30.9 Å². The van der Waals surface area contributed by atoms with Gasteiger partial charge < -0.3 is 10.6 Å². The summed E-state index contributed by atoms with van der Waals surface area (Å²) in [6.45, 7) is 2.19. The summed E-state index contributed by atoms with van der Waals surface area (Å²) >= 11 is 0. The van der Waals surface area contributed by atoms with Crippen molar-refractivity contribution in [2.75, 3.05) is 12.8 Å². The number of benzene rings is 1. The SMILES string of the molecule is CC1CCCC(N(C)C(=O)c2cc([N+](=O)[O-])ccc2N)C1. The van der Waals surface area contributed by atoms with E-state index in [0.717, 1.165) is 19.3 Å². The molecule has 1 aliphatic carbocycles. The average molecular weight is 291 g/mol. The van der Waals surface area contributed by atoms with E-state index in [-0.39, 0.29) is 28.9 Å². The summed E-state index contributed by atoms with van der Waals surface area (Å²) < 4.78 is 0. The molecule has 2 atom stereocenters. The number of anilines is 1. The zero-order valence-electron chi connectivity index (χ0n) is 12.4. The number of rotatable bonds is 3. The summed E-state index contributed by atoms with van der Waals surface area (Å²) in [4.78, 5) is 24.6. The van der Waals surface area contributed by atoms with Crippen molar-refractivity contribution in [2.24, 2.45) is 5.92 Å². The monoisotopic (exact) mass is 291 g/mol. The Labute approximate surface area is 124 Å². The van der Waals surface area contributed by atoms with Gasteiger partial charge in [-0.05, 0) is 24.8 Å². The van der Waals surface area contributed by atoms with E-state index >= 15 is 0 Å². The molecule has 1 aromatic rings. The van der Waals surface area contributed by atoms with Gasteiger partial charge in [-0.1, -0.05) is 19.8 Å². The number of nitro benzene ring substituents is 1. The van der Waals surface area contributed by atoms with Gasteiger partial charge in [-0.3, -0.25) is 14.9 Å². The van der Waals surface area contributed by atoms with Crippen molar-refractivity contribution in [1.82, 2.24) is 4.90 Å². The third-order valence-electron chi connectivity index (χ3n) is 4.25. The molecule has 1 aromatic carbocycles. The predicted octanol–water partition coefficient (Wildman–Crippen LogP) is 2.83. The van der Waals surface area contributed by atoms with E-state index in [9.17, 15) is 14.9 Å². The van der Waals surface area contributed by atoms with Crippen LogP contribution in [-0.4, -0.2) is 28.8 Å². The summed E-state index contributed by atoms with van der Waals surface area (Å²) in [5.74, 6) is 0.358. The van der Waals surface area contributed by atoms with Crippen LogP contribution in [0.25, 0.3) is 0 Å². The van der Waals surface area contributed by atoms with E-state index in [1.165, 1.54) is 24.6 Å². The quantitative estimate of drug-likeness (QED) is 0.527. The lowest BCUT2D eigenvalue weighted by molar-refractivity contribution is -0.384. The molecule has 1 fully saturated rings. The fourth-order valence-electron chi connectivity index (χ4n) is 2.95. The number of nitrogen functional groups attached to an aromatic ring is 1. The van der Waals surface area contributed by atoms with Crippen LogP contribution in [0.2, 0.25) is 0 Å². The van der Waals surface area contributed by atoms with E-state index < -0.39 is 4.92 Å². The maximum absolute atomic E-state index is 12.6. The number of hydrogen-bond donors (Lipinski definition) is 1. The lowest BCUT2D eigenvalue weighted by Crippen LogP contribution is -2.40. The normalized spacial score (nSPS) is 21.8. The van der Waals surface area contributed by atoms with E-state index in [4.69, 9.17) is 5.73 Å². The maximum atomic E-state index is 12.6. The van der Waals surface area contributed by atoms with Gasteiger partial charge in [-0.25, -0.2) is 0 Å². The molecular weight excluding hydrogens is 270 g/mol. The van der Waals surface area contributed by atoms with Gasteiger partial charge in [0.05, 0.1) is 10.5 Å². The highest BCUT2D eigenvalue weighted by atomic mass is 16.6. The Balaban J connectivity index is 2.22. The topological polar surface area (TPSA) is 89.5 Å². The second-order valence-electron chi connectivity index (χ2n) is 5.87. The van der Waals surface area contributed by atoms with Crippen LogP contribution in [-0.2, 0) is 0 Å². The van der Waals surface area contributed by atoms with Crippen molar-refractivity contribution >= 4 is 17.3 Å². The van der Waals surface area contributed by atoms with E-state index in [2.05, 4.69) is 6.92 Å². The van der Waals surface area contributed by atoms with Gasteiger partial charge in [0.25, 0.3) is 11.6 Å². The van der Waals surface area contributed by atoms with Crippen molar-refractivity contribution in [1.29, 1.82) is 0 Å². The van der Waals surface area contributed by atoms with Crippen LogP contribution in [0.15, 0.2) is 18.2 Å². The van der Waals surface area contributed by atoms with Gasteiger partial charge in [-0.2, -0.15) is 0 Å². The summed E-state index contributed by atoms with van der Waals surface area (Å²) in [5.41, 5.74) is 6.19. The smallest absolute Gasteiger partial charge is 0.270 e. The first-order valence-corrected chi connectivity index (χ1v) is 7.21. The maximum Gasteiger partial charge on any atom is 0.270 e. The molecular formula is C15H21N3O3. The number of carbonyl (C=O) groups is 1. The van der Waals surface area contributed by atoms with Gasteiger partial charge in [0.15, 0.2) is 0 Å². The van der Waals surface area contributed by atoms with Crippen LogP contribution in [0.1, 0.15) is 43.0 Å². The summed E-state index contributed by atoms with van der Waals surface area (Å²) in [5, 5.41) is 10.8. The molecule has 2 unspecified atom stereocenters. The molecule has 0 aromatic heterocycles. The lowest BCUT2D eigenvalue weighted by Gasteiger charge is -2.34. The minimum Gasteiger partial charge on any atom is -0.398 e. The zero-order valence-corrected chi connectivity index (χ0v) is 12.4. The predicted molar refractivity (Wildman–Crippen MR) is 81.0 cm³/mol. The van der Waals surface area contributed by atoms with Crippen LogP contribution in [0.4, 0.5) is 11.4 Å². The van der Waals surface area contributed by atoms with Crippen LogP contribution in [0.3, 0.4) is 0 Å². The fraction of sp³-hybridized carbons (Fsp3) is 0.533. The lowest BCUT2D eigenvalue weighted by atomic mass is 9.86. The van der Waals surface area contributed by atoms with Crippen molar-refractivity contribution in [3.63, 3.8) is 0 Å². The van der Waals surface area contributed by atoms with Crippen LogP contribution >= 0.6 is 0 Å². The molecule has 1 aliphatic rings. The van der Waals surface area contributed by atoms with E-state index in [1.54, 1.807) is 11.9 Å². The highest BCUT2D eigenvalue weighted by Gasteiger charge is 2.27.